The summed E-state index contributed by atoms with van der Waals surface area (Å²) in [6, 6.07) is 6.70. The van der Waals surface area contributed by atoms with Gasteiger partial charge in [0.25, 0.3) is 0 Å². The van der Waals surface area contributed by atoms with Gasteiger partial charge < -0.3 is 5.73 Å². The summed E-state index contributed by atoms with van der Waals surface area (Å²) in [5, 5.41) is 0. The SMILES string of the molecule is CC1CCCCN1S(=O)(=O)c1ccccc1C(N)=S. The number of piperidine rings is 1. The van der Waals surface area contributed by atoms with Gasteiger partial charge in [0.2, 0.25) is 10.0 Å². The summed E-state index contributed by atoms with van der Waals surface area (Å²) in [6.07, 6.45) is 2.87. The molecule has 19 heavy (non-hydrogen) atoms. The molecule has 0 saturated carbocycles. The molecule has 1 fully saturated rings. The Hall–Kier alpha value is -0.980. The smallest absolute Gasteiger partial charge is 0.244 e. The van der Waals surface area contributed by atoms with Crippen molar-refractivity contribution in [2.45, 2.75) is 37.1 Å². The van der Waals surface area contributed by atoms with E-state index in [0.29, 0.717) is 12.1 Å². The lowest BCUT2D eigenvalue weighted by atomic mass is 10.1. The summed E-state index contributed by atoms with van der Waals surface area (Å²) in [5.74, 6) is 0. The Kier molecular flexibility index (Phi) is 4.23. The van der Waals surface area contributed by atoms with Gasteiger partial charge in [-0.15, -0.1) is 0 Å². The first kappa shape index (κ1) is 14.4. The minimum absolute atomic E-state index is 0.0261. The number of nitrogens with two attached hydrogens (primary N) is 1. The maximum Gasteiger partial charge on any atom is 0.244 e. The number of nitrogens with zero attached hydrogens (tertiary/aromatic N) is 1. The van der Waals surface area contributed by atoms with Crippen molar-refractivity contribution in [1.82, 2.24) is 4.31 Å². The lowest BCUT2D eigenvalue weighted by molar-refractivity contribution is 0.268. The average molecular weight is 298 g/mol. The van der Waals surface area contributed by atoms with Crippen molar-refractivity contribution >= 4 is 27.2 Å². The molecule has 1 aromatic rings. The highest BCUT2D eigenvalue weighted by atomic mass is 32.2. The lowest BCUT2D eigenvalue weighted by Gasteiger charge is -2.32. The molecule has 0 aliphatic carbocycles. The van der Waals surface area contributed by atoms with Crippen molar-refractivity contribution in [3.8, 4) is 0 Å². The predicted octanol–water partition coefficient (Wildman–Crippen LogP) is 1.88. The number of rotatable bonds is 3. The molecule has 1 heterocycles. The molecule has 0 aromatic heterocycles. The van der Waals surface area contributed by atoms with Crippen LogP contribution in [-0.4, -0.2) is 30.3 Å². The molecule has 1 aliphatic heterocycles. The van der Waals surface area contributed by atoms with Gasteiger partial charge in [0, 0.05) is 18.2 Å². The van der Waals surface area contributed by atoms with Crippen molar-refractivity contribution in [1.29, 1.82) is 0 Å². The van der Waals surface area contributed by atoms with Crippen molar-refractivity contribution in [3.05, 3.63) is 29.8 Å². The molecule has 1 aromatic carbocycles. The fourth-order valence-electron chi connectivity index (χ4n) is 2.45. The van der Waals surface area contributed by atoms with E-state index in [4.69, 9.17) is 18.0 Å². The van der Waals surface area contributed by atoms with Gasteiger partial charge in [-0.2, -0.15) is 4.31 Å². The van der Waals surface area contributed by atoms with Gasteiger partial charge in [-0.05, 0) is 25.8 Å². The second-order valence-electron chi connectivity index (χ2n) is 4.82. The highest BCUT2D eigenvalue weighted by Crippen LogP contribution is 2.26. The maximum atomic E-state index is 12.7. The van der Waals surface area contributed by atoms with Crippen LogP contribution in [-0.2, 0) is 10.0 Å². The van der Waals surface area contributed by atoms with Crippen LogP contribution in [0, 0.1) is 0 Å². The van der Waals surface area contributed by atoms with Crippen molar-refractivity contribution in [3.63, 3.8) is 0 Å². The molecule has 1 saturated heterocycles. The van der Waals surface area contributed by atoms with Crippen LogP contribution in [0.1, 0.15) is 31.7 Å². The number of thiocarbonyl (C=S) groups is 1. The minimum atomic E-state index is -3.52. The highest BCUT2D eigenvalue weighted by Gasteiger charge is 2.32. The Labute approximate surface area is 119 Å². The molecular weight excluding hydrogens is 280 g/mol. The van der Waals surface area contributed by atoms with Crippen LogP contribution in [0.3, 0.4) is 0 Å². The molecule has 4 nitrogen and oxygen atoms in total. The molecule has 0 amide bonds. The Bertz CT molecular complexity index is 584. The summed E-state index contributed by atoms with van der Waals surface area (Å²) >= 11 is 4.94. The van der Waals surface area contributed by atoms with Crippen LogP contribution in [0.15, 0.2) is 29.2 Å². The Morgan fingerprint density at radius 1 is 1.37 bits per heavy atom. The van der Waals surface area contributed by atoms with Gasteiger partial charge in [0.1, 0.15) is 4.99 Å². The maximum absolute atomic E-state index is 12.7. The molecular formula is C13H18N2O2S2. The molecule has 2 rings (SSSR count). The summed E-state index contributed by atoms with van der Waals surface area (Å²) in [4.78, 5) is 0.333. The number of hydrogen-bond donors (Lipinski definition) is 1. The van der Waals surface area contributed by atoms with E-state index in [-0.39, 0.29) is 15.9 Å². The van der Waals surface area contributed by atoms with E-state index in [9.17, 15) is 8.42 Å². The average Bonchev–Trinajstić information content (AvgIpc) is 2.39. The van der Waals surface area contributed by atoms with Gasteiger partial charge in [0.15, 0.2) is 0 Å². The van der Waals surface area contributed by atoms with Crippen LogP contribution in [0.2, 0.25) is 0 Å². The number of sulfonamides is 1. The van der Waals surface area contributed by atoms with Gasteiger partial charge in [-0.1, -0.05) is 36.8 Å². The molecule has 104 valence electrons. The third-order valence-electron chi connectivity index (χ3n) is 3.48. The number of hydrogen-bond acceptors (Lipinski definition) is 3. The van der Waals surface area contributed by atoms with Crippen molar-refractivity contribution in [2.24, 2.45) is 5.73 Å². The van der Waals surface area contributed by atoms with E-state index >= 15 is 0 Å². The normalized spacial score (nSPS) is 21.2. The fraction of sp³-hybridized carbons (Fsp3) is 0.462. The van der Waals surface area contributed by atoms with Crippen LogP contribution >= 0.6 is 12.2 Å². The zero-order valence-electron chi connectivity index (χ0n) is 10.9. The zero-order chi connectivity index (χ0) is 14.0. The second kappa shape index (κ2) is 5.56. The standard InChI is InChI=1S/C13H18N2O2S2/c1-10-6-4-5-9-15(10)19(16,17)12-8-3-2-7-11(12)13(14)18/h2-3,7-8,10H,4-6,9H2,1H3,(H2,14,18). The Morgan fingerprint density at radius 2 is 2.05 bits per heavy atom. The van der Waals surface area contributed by atoms with E-state index in [1.807, 2.05) is 6.92 Å². The minimum Gasteiger partial charge on any atom is -0.389 e. The van der Waals surface area contributed by atoms with Gasteiger partial charge in [-0.25, -0.2) is 8.42 Å². The summed E-state index contributed by atoms with van der Waals surface area (Å²) in [6.45, 7) is 2.51. The van der Waals surface area contributed by atoms with E-state index in [1.165, 1.54) is 0 Å². The summed E-state index contributed by atoms with van der Waals surface area (Å²) < 4.78 is 27.0. The van der Waals surface area contributed by atoms with Gasteiger partial charge >= 0.3 is 0 Å². The first-order valence-electron chi connectivity index (χ1n) is 6.35. The third kappa shape index (κ3) is 2.80. The van der Waals surface area contributed by atoms with Crippen molar-refractivity contribution < 1.29 is 8.42 Å². The highest BCUT2D eigenvalue weighted by molar-refractivity contribution is 7.89. The van der Waals surface area contributed by atoms with E-state index in [1.54, 1.807) is 28.6 Å². The topological polar surface area (TPSA) is 63.4 Å². The van der Waals surface area contributed by atoms with E-state index < -0.39 is 10.0 Å². The molecule has 1 aliphatic rings. The monoisotopic (exact) mass is 298 g/mol. The van der Waals surface area contributed by atoms with Crippen LogP contribution in [0.4, 0.5) is 0 Å². The van der Waals surface area contributed by atoms with E-state index in [2.05, 4.69) is 0 Å². The quantitative estimate of drug-likeness (QED) is 0.866. The first-order chi connectivity index (χ1) is 8.94. The van der Waals surface area contributed by atoms with Crippen molar-refractivity contribution in [2.75, 3.05) is 6.54 Å². The van der Waals surface area contributed by atoms with Gasteiger partial charge in [-0.3, -0.25) is 0 Å². The summed E-state index contributed by atoms with van der Waals surface area (Å²) in [5.41, 5.74) is 6.05. The molecule has 1 atom stereocenters. The predicted molar refractivity (Wildman–Crippen MR) is 79.5 cm³/mol. The van der Waals surface area contributed by atoms with Crippen LogP contribution in [0.25, 0.3) is 0 Å². The first-order valence-corrected chi connectivity index (χ1v) is 8.20. The van der Waals surface area contributed by atoms with Gasteiger partial charge in [0.05, 0.1) is 4.90 Å². The van der Waals surface area contributed by atoms with Crippen LogP contribution in [0.5, 0.6) is 0 Å². The molecule has 0 spiro atoms. The Morgan fingerprint density at radius 3 is 2.68 bits per heavy atom. The largest absolute Gasteiger partial charge is 0.389 e. The zero-order valence-corrected chi connectivity index (χ0v) is 12.5. The van der Waals surface area contributed by atoms with Crippen LogP contribution < -0.4 is 5.73 Å². The number of benzene rings is 1. The Balaban J connectivity index is 2.47. The molecule has 2 N–H and O–H groups in total. The van der Waals surface area contributed by atoms with E-state index in [0.717, 1.165) is 19.3 Å². The second-order valence-corrected chi connectivity index (χ2v) is 7.12. The molecule has 0 radical (unpaired) electrons. The lowest BCUT2D eigenvalue weighted by Crippen LogP contribution is -2.42. The third-order valence-corrected chi connectivity index (χ3v) is 5.77. The molecule has 0 bridgehead atoms. The summed E-state index contributed by atoms with van der Waals surface area (Å²) in [7, 11) is -3.52. The molecule has 6 heteroatoms. The fourth-order valence-corrected chi connectivity index (χ4v) is 4.60. The molecule has 1 unspecified atom stereocenters.